The zero-order valence-electron chi connectivity index (χ0n) is 7.70. The van der Waals surface area contributed by atoms with Crippen LogP contribution in [0.4, 0.5) is 4.39 Å². The van der Waals surface area contributed by atoms with E-state index in [0.29, 0.717) is 12.1 Å². The topological polar surface area (TPSA) is 26.0 Å². The quantitative estimate of drug-likeness (QED) is 0.758. The van der Waals surface area contributed by atoms with Gasteiger partial charge < -0.3 is 5.73 Å². The summed E-state index contributed by atoms with van der Waals surface area (Å²) in [6, 6.07) is 7.36. The van der Waals surface area contributed by atoms with E-state index in [1.807, 2.05) is 24.3 Å². The number of nitrogens with two attached hydrogens (primary N) is 1. The molecular weight excluding hydrogens is 165 g/mol. The Morgan fingerprint density at radius 1 is 1.38 bits per heavy atom. The fourth-order valence-corrected chi connectivity index (χ4v) is 1.08. The molecule has 0 bridgehead atoms. The lowest BCUT2D eigenvalue weighted by Crippen LogP contribution is -1.92. The molecule has 0 fully saturated rings. The van der Waals surface area contributed by atoms with E-state index >= 15 is 0 Å². The molecule has 0 aliphatic carbocycles. The van der Waals surface area contributed by atoms with Crippen molar-refractivity contribution in [2.45, 2.75) is 13.1 Å². The highest BCUT2D eigenvalue weighted by Gasteiger charge is 2.00. The Morgan fingerprint density at radius 2 is 2.00 bits per heavy atom. The minimum absolute atomic E-state index is 0.529. The average Bonchev–Trinajstić information content (AvgIpc) is 2.15. The third-order valence-corrected chi connectivity index (χ3v) is 1.84. The molecule has 2 heteroatoms. The van der Waals surface area contributed by atoms with Gasteiger partial charge in [-0.2, -0.15) is 0 Å². The van der Waals surface area contributed by atoms with Crippen molar-refractivity contribution in [2.24, 2.45) is 5.73 Å². The number of alkyl halides is 1. The van der Waals surface area contributed by atoms with Crippen LogP contribution in [0, 0.1) is 0 Å². The van der Waals surface area contributed by atoms with E-state index in [9.17, 15) is 4.39 Å². The molecule has 0 heterocycles. The first-order valence-electron chi connectivity index (χ1n) is 4.34. The zero-order chi connectivity index (χ0) is 9.68. The number of benzene rings is 1. The van der Waals surface area contributed by atoms with E-state index in [1.165, 1.54) is 6.92 Å². The summed E-state index contributed by atoms with van der Waals surface area (Å²) in [5.41, 5.74) is 7.07. The molecule has 1 unspecified atom stereocenters. The normalized spacial score (nSPS) is 13.5. The fourth-order valence-electron chi connectivity index (χ4n) is 1.08. The lowest BCUT2D eigenvalue weighted by atomic mass is 10.1. The first-order valence-corrected chi connectivity index (χ1v) is 4.34. The minimum Gasteiger partial charge on any atom is -0.327 e. The van der Waals surface area contributed by atoms with E-state index in [0.717, 1.165) is 5.56 Å². The average molecular weight is 179 g/mol. The van der Waals surface area contributed by atoms with Gasteiger partial charge in [0.05, 0.1) is 0 Å². The molecule has 70 valence electrons. The molecular formula is C11H14FN. The highest BCUT2D eigenvalue weighted by atomic mass is 19.1. The summed E-state index contributed by atoms with van der Waals surface area (Å²) < 4.78 is 12.8. The maximum Gasteiger partial charge on any atom is 0.122 e. The molecule has 0 amide bonds. The minimum atomic E-state index is -0.896. The first-order chi connectivity index (χ1) is 6.24. The molecule has 1 rings (SSSR count). The van der Waals surface area contributed by atoms with Crippen LogP contribution in [0.5, 0.6) is 0 Å². The predicted octanol–water partition coefficient (Wildman–Crippen LogP) is 2.69. The summed E-state index contributed by atoms with van der Waals surface area (Å²) in [7, 11) is 0. The van der Waals surface area contributed by atoms with Crippen molar-refractivity contribution in [3.05, 3.63) is 41.5 Å². The molecule has 0 spiro atoms. The monoisotopic (exact) mass is 179 g/mol. The van der Waals surface area contributed by atoms with Crippen molar-refractivity contribution in [1.82, 2.24) is 0 Å². The van der Waals surface area contributed by atoms with Crippen LogP contribution in [0.15, 0.2) is 30.3 Å². The predicted molar refractivity (Wildman–Crippen MR) is 54.1 cm³/mol. The molecule has 0 aliphatic heterocycles. The molecule has 13 heavy (non-hydrogen) atoms. The van der Waals surface area contributed by atoms with E-state index < -0.39 is 6.17 Å². The van der Waals surface area contributed by atoms with Gasteiger partial charge in [0.25, 0.3) is 0 Å². The van der Waals surface area contributed by atoms with Crippen molar-refractivity contribution in [2.75, 3.05) is 6.54 Å². The third kappa shape index (κ3) is 2.99. The second kappa shape index (κ2) is 4.77. The molecule has 1 nitrogen and oxygen atoms in total. The zero-order valence-corrected chi connectivity index (χ0v) is 7.70. The largest absolute Gasteiger partial charge is 0.327 e. The molecule has 0 saturated carbocycles. The van der Waals surface area contributed by atoms with Gasteiger partial charge in [-0.1, -0.05) is 36.4 Å². The fraction of sp³-hybridized carbons (Fsp3) is 0.273. The lowest BCUT2D eigenvalue weighted by Gasteiger charge is -2.01. The van der Waals surface area contributed by atoms with E-state index in [-0.39, 0.29) is 0 Å². The Kier molecular flexibility index (Phi) is 3.65. The Morgan fingerprint density at radius 3 is 2.46 bits per heavy atom. The summed E-state index contributed by atoms with van der Waals surface area (Å²) in [4.78, 5) is 0. The van der Waals surface area contributed by atoms with E-state index in [4.69, 9.17) is 5.73 Å². The molecule has 0 radical (unpaired) electrons. The lowest BCUT2D eigenvalue weighted by molar-refractivity contribution is 0.374. The summed E-state index contributed by atoms with van der Waals surface area (Å²) in [6.07, 6.45) is 2.90. The third-order valence-electron chi connectivity index (χ3n) is 1.84. The maximum absolute atomic E-state index is 12.8. The van der Waals surface area contributed by atoms with Crippen LogP contribution in [0.25, 0.3) is 6.08 Å². The van der Waals surface area contributed by atoms with Gasteiger partial charge >= 0.3 is 0 Å². The first kappa shape index (κ1) is 9.93. The van der Waals surface area contributed by atoms with Gasteiger partial charge in [-0.15, -0.1) is 0 Å². The van der Waals surface area contributed by atoms with Gasteiger partial charge in [-0.3, -0.25) is 0 Å². The Hall–Kier alpha value is -1.15. The summed E-state index contributed by atoms with van der Waals surface area (Å²) in [6.45, 7) is 2.06. The van der Waals surface area contributed by atoms with Crippen molar-refractivity contribution in [1.29, 1.82) is 0 Å². The van der Waals surface area contributed by atoms with Crippen molar-refractivity contribution in [3.8, 4) is 0 Å². The number of halogens is 1. The van der Waals surface area contributed by atoms with Crippen LogP contribution < -0.4 is 5.73 Å². The number of hydrogen-bond donors (Lipinski definition) is 1. The SMILES string of the molecule is CC(F)c1ccc(/C=C/CN)cc1. The highest BCUT2D eigenvalue weighted by Crippen LogP contribution is 2.16. The number of rotatable bonds is 3. The van der Waals surface area contributed by atoms with Crippen molar-refractivity contribution >= 4 is 6.08 Å². The van der Waals surface area contributed by atoms with Crippen LogP contribution in [0.1, 0.15) is 24.2 Å². The van der Waals surface area contributed by atoms with Crippen LogP contribution in [0.2, 0.25) is 0 Å². The van der Waals surface area contributed by atoms with Crippen LogP contribution in [-0.4, -0.2) is 6.54 Å². The van der Waals surface area contributed by atoms with Gasteiger partial charge in [0.1, 0.15) is 6.17 Å². The van der Waals surface area contributed by atoms with Crippen molar-refractivity contribution in [3.63, 3.8) is 0 Å². The van der Waals surface area contributed by atoms with Gasteiger partial charge in [0.2, 0.25) is 0 Å². The summed E-state index contributed by atoms with van der Waals surface area (Å²) >= 11 is 0. The Balaban J connectivity index is 2.75. The molecule has 1 aromatic rings. The van der Waals surface area contributed by atoms with Gasteiger partial charge in [-0.05, 0) is 18.1 Å². The highest BCUT2D eigenvalue weighted by molar-refractivity contribution is 5.49. The number of hydrogen-bond acceptors (Lipinski definition) is 1. The molecule has 0 aliphatic rings. The van der Waals surface area contributed by atoms with Gasteiger partial charge in [-0.25, -0.2) is 4.39 Å². The Bertz CT molecular complexity index is 275. The second-order valence-electron chi connectivity index (χ2n) is 2.92. The van der Waals surface area contributed by atoms with Crippen molar-refractivity contribution < 1.29 is 4.39 Å². The van der Waals surface area contributed by atoms with E-state index in [2.05, 4.69) is 0 Å². The molecule has 2 N–H and O–H groups in total. The van der Waals surface area contributed by atoms with Gasteiger partial charge in [0, 0.05) is 6.54 Å². The molecule has 1 aromatic carbocycles. The van der Waals surface area contributed by atoms with Crippen LogP contribution >= 0.6 is 0 Å². The van der Waals surface area contributed by atoms with Gasteiger partial charge in [0.15, 0.2) is 0 Å². The molecule has 0 aromatic heterocycles. The molecule has 0 saturated heterocycles. The molecule has 1 atom stereocenters. The summed E-state index contributed by atoms with van der Waals surface area (Å²) in [5.74, 6) is 0. The van der Waals surface area contributed by atoms with Crippen LogP contribution in [-0.2, 0) is 0 Å². The maximum atomic E-state index is 12.8. The van der Waals surface area contributed by atoms with Crippen LogP contribution in [0.3, 0.4) is 0 Å². The Labute approximate surface area is 78.1 Å². The smallest absolute Gasteiger partial charge is 0.122 e. The van der Waals surface area contributed by atoms with E-state index in [1.54, 1.807) is 12.1 Å². The summed E-state index contributed by atoms with van der Waals surface area (Å²) in [5, 5.41) is 0. The standard InChI is InChI=1S/C11H14FN/c1-9(12)11-6-4-10(5-7-11)3-2-8-13/h2-7,9H,8,13H2,1H3/b3-2+. The second-order valence-corrected chi connectivity index (χ2v) is 2.92.